The fourth-order valence-electron chi connectivity index (χ4n) is 2.53. The van der Waals surface area contributed by atoms with Crippen LogP contribution in [0.2, 0.25) is 5.02 Å². The van der Waals surface area contributed by atoms with Crippen molar-refractivity contribution >= 4 is 17.3 Å². The maximum absolute atomic E-state index is 9.12. The summed E-state index contributed by atoms with van der Waals surface area (Å²) in [4.78, 5) is 0. The highest BCUT2D eigenvalue weighted by Crippen LogP contribution is 2.34. The Kier molecular flexibility index (Phi) is 3.59. The van der Waals surface area contributed by atoms with Crippen LogP contribution in [0.25, 0.3) is 0 Å². The van der Waals surface area contributed by atoms with Gasteiger partial charge in [-0.25, -0.2) is 0 Å². The van der Waals surface area contributed by atoms with Gasteiger partial charge in [0, 0.05) is 6.04 Å². The smallest absolute Gasteiger partial charge is 0.103 e. The molecule has 3 heteroatoms. The van der Waals surface area contributed by atoms with Crippen molar-refractivity contribution in [3.05, 3.63) is 28.8 Å². The molecule has 2 nitrogen and oxygen atoms in total. The van der Waals surface area contributed by atoms with Crippen LogP contribution in [-0.4, -0.2) is 6.04 Å². The van der Waals surface area contributed by atoms with Crippen LogP contribution >= 0.6 is 11.6 Å². The third-order valence-corrected chi connectivity index (χ3v) is 4.25. The highest BCUT2D eigenvalue weighted by atomic mass is 35.5. The molecule has 0 saturated heterocycles. The lowest BCUT2D eigenvalue weighted by atomic mass is 9.97. The van der Waals surface area contributed by atoms with Gasteiger partial charge in [0.1, 0.15) is 6.07 Å². The summed E-state index contributed by atoms with van der Waals surface area (Å²) in [6.07, 6.45) is 2.42. The number of hydrogen-bond donors (Lipinski definition) is 1. The Labute approximate surface area is 108 Å². The fraction of sp³-hybridized carbons (Fsp3) is 0.500. The first-order chi connectivity index (χ1) is 8.13. The van der Waals surface area contributed by atoms with Crippen LogP contribution < -0.4 is 5.32 Å². The number of anilines is 1. The maximum Gasteiger partial charge on any atom is 0.103 e. The van der Waals surface area contributed by atoms with Gasteiger partial charge in [-0.15, -0.1) is 0 Å². The first-order valence-corrected chi connectivity index (χ1v) is 6.46. The fourth-order valence-corrected chi connectivity index (χ4v) is 2.74. The van der Waals surface area contributed by atoms with E-state index in [-0.39, 0.29) is 0 Å². The van der Waals surface area contributed by atoms with E-state index in [4.69, 9.17) is 16.9 Å². The molecule has 1 aliphatic rings. The van der Waals surface area contributed by atoms with E-state index in [0.717, 1.165) is 11.6 Å². The molecule has 1 aromatic rings. The molecule has 0 amide bonds. The second kappa shape index (κ2) is 4.98. The molecule has 2 rings (SSSR count). The van der Waals surface area contributed by atoms with Gasteiger partial charge in [-0.1, -0.05) is 31.5 Å². The molecule has 1 fully saturated rings. The van der Waals surface area contributed by atoms with E-state index in [1.807, 2.05) is 12.1 Å². The monoisotopic (exact) mass is 248 g/mol. The van der Waals surface area contributed by atoms with E-state index in [1.54, 1.807) is 6.07 Å². The van der Waals surface area contributed by atoms with E-state index >= 15 is 0 Å². The number of nitrogens with zero attached hydrogens (tertiary/aromatic N) is 1. The zero-order valence-electron chi connectivity index (χ0n) is 10.2. The quantitative estimate of drug-likeness (QED) is 0.857. The first-order valence-electron chi connectivity index (χ1n) is 6.08. The van der Waals surface area contributed by atoms with Gasteiger partial charge in [0.2, 0.25) is 0 Å². The summed E-state index contributed by atoms with van der Waals surface area (Å²) in [6, 6.07) is 8.19. The highest BCUT2D eigenvalue weighted by Gasteiger charge is 2.29. The van der Waals surface area contributed by atoms with Gasteiger partial charge >= 0.3 is 0 Å². The second-order valence-electron chi connectivity index (χ2n) is 4.94. The van der Waals surface area contributed by atoms with E-state index in [2.05, 4.69) is 25.2 Å². The lowest BCUT2D eigenvalue weighted by Gasteiger charge is -2.21. The molecule has 1 saturated carbocycles. The lowest BCUT2D eigenvalue weighted by molar-refractivity contribution is 0.435. The molecule has 1 aliphatic carbocycles. The summed E-state index contributed by atoms with van der Waals surface area (Å²) >= 11 is 6.02. The van der Waals surface area contributed by atoms with Gasteiger partial charge in [0.15, 0.2) is 0 Å². The Morgan fingerprint density at radius 2 is 2.12 bits per heavy atom. The predicted octanol–water partition coefficient (Wildman–Crippen LogP) is 4.06. The van der Waals surface area contributed by atoms with Crippen LogP contribution in [0, 0.1) is 23.2 Å². The van der Waals surface area contributed by atoms with Gasteiger partial charge in [-0.3, -0.25) is 0 Å². The SMILES string of the molecule is CC1CCC(Nc2cccc(Cl)c2C#N)C1C. The molecule has 0 aromatic heterocycles. The lowest BCUT2D eigenvalue weighted by Crippen LogP contribution is -2.24. The van der Waals surface area contributed by atoms with E-state index in [0.29, 0.717) is 22.5 Å². The van der Waals surface area contributed by atoms with Crippen LogP contribution in [0.3, 0.4) is 0 Å². The van der Waals surface area contributed by atoms with Gasteiger partial charge in [0.05, 0.1) is 16.3 Å². The summed E-state index contributed by atoms with van der Waals surface area (Å²) < 4.78 is 0. The molecule has 90 valence electrons. The van der Waals surface area contributed by atoms with Gasteiger partial charge < -0.3 is 5.32 Å². The van der Waals surface area contributed by atoms with E-state index in [1.165, 1.54) is 12.8 Å². The van der Waals surface area contributed by atoms with Crippen molar-refractivity contribution in [1.29, 1.82) is 5.26 Å². The second-order valence-corrected chi connectivity index (χ2v) is 5.35. The van der Waals surface area contributed by atoms with Crippen LogP contribution in [0.5, 0.6) is 0 Å². The largest absolute Gasteiger partial charge is 0.381 e. The van der Waals surface area contributed by atoms with Crippen molar-refractivity contribution in [2.45, 2.75) is 32.7 Å². The van der Waals surface area contributed by atoms with Crippen molar-refractivity contribution in [2.24, 2.45) is 11.8 Å². The minimum absolute atomic E-state index is 0.454. The normalized spacial score (nSPS) is 27.8. The standard InChI is InChI=1S/C14H17ClN2/c1-9-6-7-13(10(9)2)17-14-5-3-4-12(15)11(14)8-16/h3-5,9-10,13,17H,6-7H2,1-2H3. The highest BCUT2D eigenvalue weighted by molar-refractivity contribution is 6.32. The number of benzene rings is 1. The molecule has 0 bridgehead atoms. The predicted molar refractivity (Wildman–Crippen MR) is 71.1 cm³/mol. The number of hydrogen-bond acceptors (Lipinski definition) is 2. The minimum Gasteiger partial charge on any atom is -0.381 e. The Morgan fingerprint density at radius 1 is 1.35 bits per heavy atom. The molecule has 3 unspecified atom stereocenters. The molecule has 3 atom stereocenters. The number of nitrogens with one attached hydrogen (secondary N) is 1. The zero-order chi connectivity index (χ0) is 12.4. The molecule has 1 aromatic carbocycles. The Bertz CT molecular complexity index is 450. The van der Waals surface area contributed by atoms with Crippen LogP contribution in [0.15, 0.2) is 18.2 Å². The third-order valence-electron chi connectivity index (χ3n) is 3.93. The molecule has 0 spiro atoms. The molecular weight excluding hydrogens is 232 g/mol. The average molecular weight is 249 g/mol. The summed E-state index contributed by atoms with van der Waals surface area (Å²) in [7, 11) is 0. The van der Waals surface area contributed by atoms with Gasteiger partial charge in [-0.2, -0.15) is 5.26 Å². The first kappa shape index (κ1) is 12.3. The third kappa shape index (κ3) is 2.40. The van der Waals surface area contributed by atoms with Crippen LogP contribution in [0.1, 0.15) is 32.3 Å². The molecule has 0 radical (unpaired) electrons. The Hall–Kier alpha value is -1.20. The molecular formula is C14H17ClN2. The van der Waals surface area contributed by atoms with Crippen molar-refractivity contribution in [3.63, 3.8) is 0 Å². The molecule has 17 heavy (non-hydrogen) atoms. The maximum atomic E-state index is 9.12. The van der Waals surface area contributed by atoms with Crippen molar-refractivity contribution in [1.82, 2.24) is 0 Å². The number of nitriles is 1. The van der Waals surface area contributed by atoms with Crippen molar-refractivity contribution < 1.29 is 0 Å². The van der Waals surface area contributed by atoms with Crippen molar-refractivity contribution in [3.8, 4) is 6.07 Å². The Morgan fingerprint density at radius 3 is 2.71 bits per heavy atom. The number of halogens is 1. The number of rotatable bonds is 2. The molecule has 0 aliphatic heterocycles. The average Bonchev–Trinajstić information content (AvgIpc) is 2.61. The van der Waals surface area contributed by atoms with E-state index in [9.17, 15) is 0 Å². The topological polar surface area (TPSA) is 35.8 Å². The summed E-state index contributed by atoms with van der Waals surface area (Å²) in [6.45, 7) is 4.56. The van der Waals surface area contributed by atoms with Gasteiger partial charge in [-0.05, 0) is 36.8 Å². The van der Waals surface area contributed by atoms with Crippen molar-refractivity contribution in [2.75, 3.05) is 5.32 Å². The minimum atomic E-state index is 0.454. The molecule has 1 N–H and O–H groups in total. The zero-order valence-corrected chi connectivity index (χ0v) is 11.0. The Balaban J connectivity index is 2.20. The summed E-state index contributed by atoms with van der Waals surface area (Å²) in [5, 5.41) is 13.1. The molecule has 0 heterocycles. The summed E-state index contributed by atoms with van der Waals surface area (Å²) in [5.74, 6) is 1.39. The van der Waals surface area contributed by atoms with E-state index < -0.39 is 0 Å². The summed E-state index contributed by atoms with van der Waals surface area (Å²) in [5.41, 5.74) is 1.42. The van der Waals surface area contributed by atoms with Crippen LogP contribution in [0.4, 0.5) is 5.69 Å². The van der Waals surface area contributed by atoms with Crippen LogP contribution in [-0.2, 0) is 0 Å². The van der Waals surface area contributed by atoms with Gasteiger partial charge in [0.25, 0.3) is 0 Å².